The second-order valence-electron chi connectivity index (χ2n) is 9.61. The Morgan fingerprint density at radius 1 is 1.19 bits per heavy atom. The first-order chi connectivity index (χ1) is 17.4. The summed E-state index contributed by atoms with van der Waals surface area (Å²) >= 11 is 6.36. The van der Waals surface area contributed by atoms with Gasteiger partial charge < -0.3 is 25.4 Å². The van der Waals surface area contributed by atoms with Crippen LogP contribution in [0.15, 0.2) is 49.0 Å². The molecule has 0 fully saturated rings. The molecule has 2 aromatic carbocycles. The number of aliphatic hydroxyl groups excluding tert-OH is 1. The van der Waals surface area contributed by atoms with Crippen molar-refractivity contribution in [3.05, 3.63) is 70.8 Å². The van der Waals surface area contributed by atoms with E-state index in [1.807, 2.05) is 26.0 Å². The number of para-hydroxylation sites is 1. The van der Waals surface area contributed by atoms with E-state index in [2.05, 4.69) is 17.2 Å². The number of ether oxygens (including phenoxy) is 1. The zero-order valence-corrected chi connectivity index (χ0v) is 22.8. The number of nitrogens with one attached hydrogen (secondary N) is 2. The van der Waals surface area contributed by atoms with Gasteiger partial charge in [-0.05, 0) is 62.9 Å². The van der Waals surface area contributed by atoms with Gasteiger partial charge in [-0.2, -0.15) is 0 Å². The van der Waals surface area contributed by atoms with Gasteiger partial charge in [0, 0.05) is 6.54 Å². The van der Waals surface area contributed by atoms with E-state index >= 15 is 0 Å². The second-order valence-corrected chi connectivity index (χ2v) is 10.0. The number of aliphatic hydroxyl groups is 1. The van der Waals surface area contributed by atoms with Crippen molar-refractivity contribution in [3.8, 4) is 0 Å². The van der Waals surface area contributed by atoms with Crippen molar-refractivity contribution in [2.75, 3.05) is 18.5 Å². The van der Waals surface area contributed by atoms with Crippen LogP contribution in [0, 0.1) is 6.92 Å². The molecule has 9 heteroatoms. The summed E-state index contributed by atoms with van der Waals surface area (Å²) in [4.78, 5) is 41.2. The summed E-state index contributed by atoms with van der Waals surface area (Å²) in [6.07, 6.45) is 1.31. The highest BCUT2D eigenvalue weighted by Gasteiger charge is 2.36. The van der Waals surface area contributed by atoms with E-state index in [4.69, 9.17) is 16.3 Å². The highest BCUT2D eigenvalue weighted by atomic mass is 35.5. The fraction of sp³-hybridized carbons (Fsp3) is 0.393. The van der Waals surface area contributed by atoms with Crippen molar-refractivity contribution >= 4 is 41.3 Å². The zero-order chi connectivity index (χ0) is 27.8. The van der Waals surface area contributed by atoms with E-state index in [1.54, 1.807) is 57.2 Å². The number of rotatable bonds is 10. The third kappa shape index (κ3) is 8.33. The molecule has 2 atom stereocenters. The number of carbonyl (C=O) groups excluding carboxylic acids is 3. The molecule has 200 valence electrons. The van der Waals surface area contributed by atoms with Crippen LogP contribution in [0.3, 0.4) is 0 Å². The minimum Gasteiger partial charge on any atom is -0.444 e. The molecule has 3 N–H and O–H groups in total. The van der Waals surface area contributed by atoms with Crippen molar-refractivity contribution in [3.63, 3.8) is 0 Å². The summed E-state index contributed by atoms with van der Waals surface area (Å²) in [7, 11) is 0. The minimum absolute atomic E-state index is 0.184. The quantitative estimate of drug-likeness (QED) is 0.397. The van der Waals surface area contributed by atoms with Crippen LogP contribution in [0.5, 0.6) is 0 Å². The number of aryl methyl sites for hydroxylation is 1. The molecular weight excluding hydrogens is 494 g/mol. The monoisotopic (exact) mass is 529 g/mol. The van der Waals surface area contributed by atoms with E-state index in [0.717, 1.165) is 11.1 Å². The minimum atomic E-state index is -1.32. The van der Waals surface area contributed by atoms with Crippen LogP contribution < -0.4 is 10.6 Å². The number of benzene rings is 2. The molecule has 0 bridgehead atoms. The average molecular weight is 530 g/mol. The number of carbonyl (C=O) groups is 3. The molecule has 0 aliphatic rings. The van der Waals surface area contributed by atoms with Crippen LogP contribution in [0.25, 0.3) is 6.08 Å². The number of anilines is 1. The normalized spacial score (nSPS) is 12.7. The fourth-order valence-electron chi connectivity index (χ4n) is 3.75. The lowest BCUT2D eigenvalue weighted by molar-refractivity contribution is -0.141. The van der Waals surface area contributed by atoms with Crippen molar-refractivity contribution in [1.29, 1.82) is 0 Å². The largest absolute Gasteiger partial charge is 0.444 e. The number of hydrogen-bond acceptors (Lipinski definition) is 5. The Hall–Kier alpha value is -3.36. The molecule has 0 aromatic heterocycles. The first kappa shape index (κ1) is 29.9. The maximum atomic E-state index is 13.8. The Morgan fingerprint density at radius 3 is 2.43 bits per heavy atom. The number of hydrogen-bond donors (Lipinski definition) is 3. The van der Waals surface area contributed by atoms with Crippen molar-refractivity contribution in [2.45, 2.75) is 58.7 Å². The van der Waals surface area contributed by atoms with Crippen LogP contribution in [0.2, 0.25) is 5.02 Å². The molecule has 0 heterocycles. The summed E-state index contributed by atoms with van der Waals surface area (Å²) in [5, 5.41) is 15.7. The van der Waals surface area contributed by atoms with Gasteiger partial charge >= 0.3 is 6.09 Å². The van der Waals surface area contributed by atoms with Gasteiger partial charge in [-0.3, -0.25) is 9.59 Å². The van der Waals surface area contributed by atoms with E-state index in [9.17, 15) is 19.5 Å². The molecule has 2 rings (SSSR count). The maximum Gasteiger partial charge on any atom is 0.408 e. The van der Waals surface area contributed by atoms with Gasteiger partial charge in [-0.1, -0.05) is 61.5 Å². The summed E-state index contributed by atoms with van der Waals surface area (Å²) in [5.41, 5.74) is 1.70. The van der Waals surface area contributed by atoms with Crippen molar-refractivity contribution in [2.24, 2.45) is 0 Å². The predicted molar refractivity (Wildman–Crippen MR) is 146 cm³/mol. The summed E-state index contributed by atoms with van der Waals surface area (Å²) in [6, 6.07) is 9.96. The molecule has 3 amide bonds. The standard InChI is InChI=1S/C28H36ClN3O5/c1-7-15-32(26(35)22(17-33)30-27(36)37-28(4,5)6)24(20-13-10-12-19(8-2)16-20)25(34)31-23-18(3)11-9-14-21(23)29/h8-14,16,22,24,33H,2,7,15,17H2,1,3-6H3,(H,30,36)(H,31,34). The lowest BCUT2D eigenvalue weighted by Crippen LogP contribution is -2.54. The number of amides is 3. The molecule has 37 heavy (non-hydrogen) atoms. The molecule has 0 saturated heterocycles. The van der Waals surface area contributed by atoms with Gasteiger partial charge in [0.15, 0.2) is 0 Å². The Kier molecular flexibility index (Phi) is 10.7. The predicted octanol–water partition coefficient (Wildman–Crippen LogP) is 5.10. The van der Waals surface area contributed by atoms with Crippen molar-refractivity contribution < 1.29 is 24.2 Å². The molecular formula is C28H36ClN3O5. The van der Waals surface area contributed by atoms with Crippen LogP contribution in [0.1, 0.15) is 56.8 Å². The van der Waals surface area contributed by atoms with Crippen molar-refractivity contribution in [1.82, 2.24) is 10.2 Å². The Balaban J connectivity index is 2.52. The molecule has 0 spiro atoms. The molecule has 2 unspecified atom stereocenters. The topological polar surface area (TPSA) is 108 Å². The Labute approximate surface area is 223 Å². The lowest BCUT2D eigenvalue weighted by atomic mass is 10.00. The van der Waals surface area contributed by atoms with E-state index in [0.29, 0.717) is 22.7 Å². The maximum absolute atomic E-state index is 13.8. The smallest absolute Gasteiger partial charge is 0.408 e. The molecule has 0 saturated carbocycles. The summed E-state index contributed by atoms with van der Waals surface area (Å²) in [6.45, 7) is 12.0. The first-order valence-electron chi connectivity index (χ1n) is 12.1. The highest BCUT2D eigenvalue weighted by Crippen LogP contribution is 2.30. The van der Waals surface area contributed by atoms with Crippen LogP contribution >= 0.6 is 11.6 Å². The number of alkyl carbamates (subject to hydrolysis) is 1. The Morgan fingerprint density at radius 2 is 1.86 bits per heavy atom. The third-order valence-corrected chi connectivity index (χ3v) is 5.73. The third-order valence-electron chi connectivity index (χ3n) is 5.41. The van der Waals surface area contributed by atoms with Gasteiger partial charge in [0.2, 0.25) is 5.91 Å². The molecule has 0 radical (unpaired) electrons. The van der Waals surface area contributed by atoms with Gasteiger partial charge in [-0.25, -0.2) is 4.79 Å². The van der Waals surface area contributed by atoms with Gasteiger partial charge in [0.1, 0.15) is 17.7 Å². The molecule has 0 aliphatic carbocycles. The van der Waals surface area contributed by atoms with Gasteiger partial charge in [-0.15, -0.1) is 0 Å². The fourth-order valence-corrected chi connectivity index (χ4v) is 4.02. The van der Waals surface area contributed by atoms with Gasteiger partial charge in [0.05, 0.1) is 17.3 Å². The second kappa shape index (κ2) is 13.3. The van der Waals surface area contributed by atoms with Crippen LogP contribution in [-0.2, 0) is 14.3 Å². The first-order valence-corrected chi connectivity index (χ1v) is 12.5. The van der Waals surface area contributed by atoms with Crippen LogP contribution in [-0.4, -0.2) is 52.7 Å². The molecule has 2 aromatic rings. The van der Waals surface area contributed by atoms with Gasteiger partial charge in [0.25, 0.3) is 5.91 Å². The lowest BCUT2D eigenvalue weighted by Gasteiger charge is -2.34. The van der Waals surface area contributed by atoms with Crippen LogP contribution in [0.4, 0.5) is 10.5 Å². The SMILES string of the molecule is C=Cc1cccc(C(C(=O)Nc2c(C)cccc2Cl)N(CCC)C(=O)C(CO)NC(=O)OC(C)(C)C)c1. The summed E-state index contributed by atoms with van der Waals surface area (Å²) in [5.74, 6) is -1.12. The molecule has 8 nitrogen and oxygen atoms in total. The number of nitrogens with zero attached hydrogens (tertiary/aromatic N) is 1. The highest BCUT2D eigenvalue weighted by molar-refractivity contribution is 6.34. The number of halogens is 1. The van der Waals surface area contributed by atoms with E-state index in [1.165, 1.54) is 4.90 Å². The van der Waals surface area contributed by atoms with E-state index < -0.39 is 42.2 Å². The summed E-state index contributed by atoms with van der Waals surface area (Å²) < 4.78 is 5.25. The van der Waals surface area contributed by atoms with E-state index in [-0.39, 0.29) is 6.54 Å². The average Bonchev–Trinajstić information content (AvgIpc) is 2.83. The molecule has 0 aliphatic heterocycles. The Bertz CT molecular complexity index is 1110. The zero-order valence-electron chi connectivity index (χ0n) is 22.0.